The predicted octanol–water partition coefficient (Wildman–Crippen LogP) is 4.01. The maximum Gasteiger partial charge on any atom is 0.257 e. The van der Waals surface area contributed by atoms with Gasteiger partial charge in [0, 0.05) is 11.6 Å². The third-order valence-corrected chi connectivity index (χ3v) is 5.01. The lowest BCUT2D eigenvalue weighted by molar-refractivity contribution is 0.0956. The van der Waals surface area contributed by atoms with Gasteiger partial charge in [0.25, 0.3) is 5.91 Å². The molecular weight excluding hydrogens is 374 g/mol. The minimum absolute atomic E-state index is 0.244. The average Bonchev–Trinajstić information content (AvgIpc) is 2.97. The molecule has 0 aliphatic carbocycles. The number of hydrogen-bond acceptors (Lipinski definition) is 4. The number of nitrogen functional groups attached to an aromatic ring is 1. The Hall–Kier alpha value is -3.12. The zero-order valence-electron chi connectivity index (χ0n) is 15.4. The molecule has 3 N–H and O–H groups in total. The van der Waals surface area contributed by atoms with Crippen LogP contribution in [-0.2, 0) is 6.54 Å². The summed E-state index contributed by atoms with van der Waals surface area (Å²) in [6.45, 7) is 2.96. The number of nitrogens with two attached hydrogens (primary N) is 1. The van der Waals surface area contributed by atoms with Gasteiger partial charge in [-0.2, -0.15) is 0 Å². The smallest absolute Gasteiger partial charge is 0.257 e. The van der Waals surface area contributed by atoms with E-state index in [4.69, 9.17) is 27.3 Å². The van der Waals surface area contributed by atoms with Gasteiger partial charge in [-0.05, 0) is 30.2 Å². The van der Waals surface area contributed by atoms with E-state index in [0.717, 1.165) is 23.0 Å². The van der Waals surface area contributed by atoms with Crippen molar-refractivity contribution in [2.24, 2.45) is 0 Å². The van der Waals surface area contributed by atoms with E-state index in [9.17, 15) is 4.79 Å². The van der Waals surface area contributed by atoms with Crippen LogP contribution in [0.5, 0.6) is 0 Å². The highest BCUT2D eigenvalue weighted by molar-refractivity contribution is 6.31. The second-order valence-electron chi connectivity index (χ2n) is 6.58. The Morgan fingerprint density at radius 1 is 1.11 bits per heavy atom. The molecule has 2 heterocycles. The van der Waals surface area contributed by atoms with Crippen molar-refractivity contribution in [1.29, 1.82) is 0 Å². The molecule has 0 aliphatic heterocycles. The maximum atomic E-state index is 12.8. The van der Waals surface area contributed by atoms with Crippen LogP contribution in [0.25, 0.3) is 22.2 Å². The van der Waals surface area contributed by atoms with Gasteiger partial charge in [-0.25, -0.2) is 9.97 Å². The van der Waals surface area contributed by atoms with Crippen LogP contribution in [0.2, 0.25) is 5.02 Å². The minimum atomic E-state index is -0.244. The molecule has 0 aliphatic rings. The van der Waals surface area contributed by atoms with Gasteiger partial charge in [-0.1, -0.05) is 48.9 Å². The van der Waals surface area contributed by atoms with Crippen molar-refractivity contribution in [3.05, 3.63) is 64.7 Å². The van der Waals surface area contributed by atoms with Crippen molar-refractivity contribution in [2.75, 3.05) is 12.3 Å². The van der Waals surface area contributed by atoms with Gasteiger partial charge in [0.05, 0.1) is 17.6 Å². The Morgan fingerprint density at radius 3 is 2.50 bits per heavy atom. The highest BCUT2D eigenvalue weighted by atomic mass is 35.5. The molecule has 0 unspecified atom stereocenters. The number of amides is 1. The van der Waals surface area contributed by atoms with Crippen LogP contribution in [-0.4, -0.2) is 27.0 Å². The first-order valence-electron chi connectivity index (χ1n) is 9.16. The summed E-state index contributed by atoms with van der Waals surface area (Å²) in [5.41, 5.74) is 10.2. The maximum absolute atomic E-state index is 12.8. The predicted molar refractivity (Wildman–Crippen MR) is 113 cm³/mol. The van der Waals surface area contributed by atoms with E-state index in [2.05, 4.69) is 5.32 Å². The summed E-state index contributed by atoms with van der Waals surface area (Å²) in [5.74, 6) is 0.0886. The van der Waals surface area contributed by atoms with E-state index in [1.165, 1.54) is 0 Å². The van der Waals surface area contributed by atoms with Crippen LogP contribution < -0.4 is 11.1 Å². The number of nitrogens with zero attached hydrogens (tertiary/aromatic N) is 3. The molecule has 1 amide bonds. The number of aromatic nitrogens is 3. The van der Waals surface area contributed by atoms with E-state index in [1.807, 2.05) is 55.5 Å². The van der Waals surface area contributed by atoms with Gasteiger partial charge >= 0.3 is 0 Å². The summed E-state index contributed by atoms with van der Waals surface area (Å²) in [7, 11) is 0. The highest BCUT2D eigenvalue weighted by Gasteiger charge is 2.24. The van der Waals surface area contributed by atoms with Crippen LogP contribution in [0.4, 0.5) is 5.82 Å². The molecule has 0 spiro atoms. The van der Waals surface area contributed by atoms with Crippen molar-refractivity contribution in [1.82, 2.24) is 19.9 Å². The molecule has 0 saturated heterocycles. The lowest BCUT2D eigenvalue weighted by Gasteiger charge is -2.09. The second-order valence-corrected chi connectivity index (χ2v) is 6.99. The van der Waals surface area contributed by atoms with Crippen molar-refractivity contribution >= 4 is 45.5 Å². The summed E-state index contributed by atoms with van der Waals surface area (Å²) < 4.78 is 1.80. The lowest BCUT2D eigenvalue weighted by Crippen LogP contribution is -2.25. The number of para-hydroxylation sites is 2. The number of carbonyl (C=O) groups is 1. The first-order valence-corrected chi connectivity index (χ1v) is 9.54. The monoisotopic (exact) mass is 393 g/mol. The average molecular weight is 394 g/mol. The van der Waals surface area contributed by atoms with E-state index >= 15 is 0 Å². The van der Waals surface area contributed by atoms with E-state index in [1.54, 1.807) is 4.57 Å². The first kappa shape index (κ1) is 18.3. The summed E-state index contributed by atoms with van der Waals surface area (Å²) in [6.07, 6.45) is 0.832. The Morgan fingerprint density at radius 2 is 1.79 bits per heavy atom. The summed E-state index contributed by atoms with van der Waals surface area (Å²) in [4.78, 5) is 22.2. The molecule has 0 saturated carbocycles. The Kier molecular flexibility index (Phi) is 4.88. The zero-order chi connectivity index (χ0) is 19.7. The van der Waals surface area contributed by atoms with Crippen molar-refractivity contribution in [2.45, 2.75) is 19.9 Å². The van der Waals surface area contributed by atoms with E-state index in [-0.39, 0.29) is 5.91 Å². The molecule has 2 aromatic carbocycles. The number of benzene rings is 2. The summed E-state index contributed by atoms with van der Waals surface area (Å²) >= 11 is 6.34. The topological polar surface area (TPSA) is 85.8 Å². The number of fused-ring (bicyclic) bond motifs is 2. The van der Waals surface area contributed by atoms with Crippen molar-refractivity contribution < 1.29 is 4.79 Å². The molecule has 0 atom stereocenters. The standard InChI is InChI=1S/C21H20ClN5O/c1-2-11-24-21(28)17-18-20(26-16-10-6-5-9-15(16)25-18)27(19(17)23)12-13-7-3-4-8-14(13)22/h3-10H,2,11-12,23H2,1H3,(H,24,28). The van der Waals surface area contributed by atoms with Gasteiger partial charge < -0.3 is 15.6 Å². The molecule has 6 nitrogen and oxygen atoms in total. The van der Waals surface area contributed by atoms with Gasteiger partial charge in [0.2, 0.25) is 0 Å². The molecule has 0 fully saturated rings. The second kappa shape index (κ2) is 7.48. The SMILES string of the molecule is CCCNC(=O)c1c(N)n(Cc2ccccc2Cl)c2nc3ccccc3nc12. The number of anilines is 1. The quantitative estimate of drug-likeness (QED) is 0.536. The molecule has 2 aromatic heterocycles. The molecular formula is C21H20ClN5O. The Labute approximate surface area is 167 Å². The minimum Gasteiger partial charge on any atom is -0.384 e. The third-order valence-electron chi connectivity index (χ3n) is 4.64. The van der Waals surface area contributed by atoms with Gasteiger partial charge in [0.1, 0.15) is 16.9 Å². The largest absolute Gasteiger partial charge is 0.384 e. The zero-order valence-corrected chi connectivity index (χ0v) is 16.2. The van der Waals surface area contributed by atoms with Gasteiger partial charge in [-0.15, -0.1) is 0 Å². The molecule has 4 aromatic rings. The van der Waals surface area contributed by atoms with Gasteiger partial charge in [-0.3, -0.25) is 4.79 Å². The first-order chi connectivity index (χ1) is 13.6. The number of nitrogens with one attached hydrogen (secondary N) is 1. The molecule has 7 heteroatoms. The number of halogens is 1. The molecule has 0 bridgehead atoms. The lowest BCUT2D eigenvalue weighted by atomic mass is 10.2. The molecule has 4 rings (SSSR count). The highest BCUT2D eigenvalue weighted by Crippen LogP contribution is 2.29. The fourth-order valence-electron chi connectivity index (χ4n) is 3.22. The molecule has 28 heavy (non-hydrogen) atoms. The summed E-state index contributed by atoms with van der Waals surface area (Å²) in [6, 6.07) is 15.1. The number of rotatable bonds is 5. The molecule has 0 radical (unpaired) electrons. The van der Waals surface area contributed by atoms with E-state index in [0.29, 0.717) is 40.7 Å². The van der Waals surface area contributed by atoms with Crippen LogP contribution in [0.3, 0.4) is 0 Å². The van der Waals surface area contributed by atoms with Gasteiger partial charge in [0.15, 0.2) is 5.65 Å². The van der Waals surface area contributed by atoms with Crippen molar-refractivity contribution in [3.63, 3.8) is 0 Å². The van der Waals surface area contributed by atoms with Crippen LogP contribution in [0.1, 0.15) is 29.3 Å². The summed E-state index contributed by atoms with van der Waals surface area (Å²) in [5, 5.41) is 3.53. The normalized spacial score (nSPS) is 11.2. The number of carbonyl (C=O) groups excluding carboxylic acids is 1. The van der Waals surface area contributed by atoms with Crippen LogP contribution >= 0.6 is 11.6 Å². The van der Waals surface area contributed by atoms with E-state index < -0.39 is 0 Å². The fraction of sp³-hybridized carbons (Fsp3) is 0.190. The van der Waals surface area contributed by atoms with Crippen molar-refractivity contribution in [3.8, 4) is 0 Å². The fourth-order valence-corrected chi connectivity index (χ4v) is 3.42. The Bertz CT molecular complexity index is 1180. The van der Waals surface area contributed by atoms with Crippen LogP contribution in [0.15, 0.2) is 48.5 Å². The number of hydrogen-bond donors (Lipinski definition) is 2. The van der Waals surface area contributed by atoms with Crippen LogP contribution in [0, 0.1) is 0 Å². The molecule has 142 valence electrons. The third kappa shape index (κ3) is 3.16. The Balaban J connectivity index is 1.95.